The molecule has 0 spiro atoms. The number of benzene rings is 3. The number of anilines is 1. The molecule has 0 radical (unpaired) electrons. The predicted octanol–water partition coefficient (Wildman–Crippen LogP) is 5.19. The zero-order valence-corrected chi connectivity index (χ0v) is 18.3. The lowest BCUT2D eigenvalue weighted by Crippen LogP contribution is -2.23. The van der Waals surface area contributed by atoms with Crippen LogP contribution in [0.25, 0.3) is 0 Å². The molecular formula is C23H23ClN2O3S. The van der Waals surface area contributed by atoms with Gasteiger partial charge in [-0.15, -0.1) is 0 Å². The van der Waals surface area contributed by atoms with E-state index in [2.05, 4.69) is 36.0 Å². The van der Waals surface area contributed by atoms with Crippen LogP contribution in [0.1, 0.15) is 41.3 Å². The SMILES string of the molecule is CC(C)c1ccc(CNC(=O)c2cccc(NS(=O)(=O)c3ccc(Cl)cc3)c2)cc1. The molecule has 0 fully saturated rings. The Morgan fingerprint density at radius 1 is 0.967 bits per heavy atom. The van der Waals surface area contributed by atoms with Gasteiger partial charge in [0.05, 0.1) is 4.90 Å². The van der Waals surface area contributed by atoms with Gasteiger partial charge in [0.25, 0.3) is 15.9 Å². The third kappa shape index (κ3) is 5.62. The Kier molecular flexibility index (Phi) is 6.80. The molecule has 3 aromatic rings. The normalized spacial score (nSPS) is 11.3. The monoisotopic (exact) mass is 442 g/mol. The number of amides is 1. The van der Waals surface area contributed by atoms with Gasteiger partial charge in [0.15, 0.2) is 0 Å². The highest BCUT2D eigenvalue weighted by atomic mass is 35.5. The van der Waals surface area contributed by atoms with Crippen molar-refractivity contribution >= 4 is 33.2 Å². The van der Waals surface area contributed by atoms with E-state index in [1.807, 2.05) is 12.1 Å². The summed E-state index contributed by atoms with van der Waals surface area (Å²) >= 11 is 5.81. The fourth-order valence-electron chi connectivity index (χ4n) is 2.86. The number of carbonyl (C=O) groups excluding carboxylic acids is 1. The smallest absolute Gasteiger partial charge is 0.261 e. The van der Waals surface area contributed by atoms with Crippen molar-refractivity contribution in [3.63, 3.8) is 0 Å². The molecule has 0 bridgehead atoms. The van der Waals surface area contributed by atoms with Gasteiger partial charge in [-0.3, -0.25) is 9.52 Å². The molecule has 0 aliphatic heterocycles. The minimum Gasteiger partial charge on any atom is -0.348 e. The quantitative estimate of drug-likeness (QED) is 0.528. The molecule has 0 saturated carbocycles. The molecule has 0 heterocycles. The van der Waals surface area contributed by atoms with E-state index >= 15 is 0 Å². The van der Waals surface area contributed by atoms with E-state index in [1.54, 1.807) is 18.2 Å². The number of halogens is 1. The molecule has 3 aromatic carbocycles. The lowest BCUT2D eigenvalue weighted by molar-refractivity contribution is 0.0951. The summed E-state index contributed by atoms with van der Waals surface area (Å²) in [5.74, 6) is 0.170. The summed E-state index contributed by atoms with van der Waals surface area (Å²) < 4.78 is 27.5. The molecule has 7 heteroatoms. The van der Waals surface area contributed by atoms with Crippen LogP contribution in [0.15, 0.2) is 77.7 Å². The van der Waals surface area contributed by atoms with Crippen LogP contribution in [0.3, 0.4) is 0 Å². The predicted molar refractivity (Wildman–Crippen MR) is 120 cm³/mol. The first-order valence-electron chi connectivity index (χ1n) is 9.50. The van der Waals surface area contributed by atoms with Crippen molar-refractivity contribution < 1.29 is 13.2 Å². The molecule has 1 amide bonds. The maximum absolute atomic E-state index is 12.5. The minimum atomic E-state index is -3.78. The van der Waals surface area contributed by atoms with Crippen molar-refractivity contribution in [1.82, 2.24) is 5.32 Å². The first-order chi connectivity index (χ1) is 14.2. The first kappa shape index (κ1) is 21.9. The van der Waals surface area contributed by atoms with Crippen LogP contribution in [0.2, 0.25) is 5.02 Å². The lowest BCUT2D eigenvalue weighted by Gasteiger charge is -2.11. The molecule has 2 N–H and O–H groups in total. The van der Waals surface area contributed by atoms with Crippen LogP contribution in [0.4, 0.5) is 5.69 Å². The summed E-state index contributed by atoms with van der Waals surface area (Å²) in [5.41, 5.74) is 2.90. The fraction of sp³-hybridized carbons (Fsp3) is 0.174. The highest BCUT2D eigenvalue weighted by Gasteiger charge is 2.15. The highest BCUT2D eigenvalue weighted by Crippen LogP contribution is 2.19. The van der Waals surface area contributed by atoms with E-state index < -0.39 is 10.0 Å². The van der Waals surface area contributed by atoms with Crippen LogP contribution in [0.5, 0.6) is 0 Å². The van der Waals surface area contributed by atoms with Gasteiger partial charge in [0.2, 0.25) is 0 Å². The average molecular weight is 443 g/mol. The summed E-state index contributed by atoms with van der Waals surface area (Å²) in [7, 11) is -3.78. The second kappa shape index (κ2) is 9.32. The Bertz CT molecular complexity index is 1130. The maximum Gasteiger partial charge on any atom is 0.261 e. The van der Waals surface area contributed by atoms with Crippen molar-refractivity contribution in [1.29, 1.82) is 0 Å². The van der Waals surface area contributed by atoms with Gasteiger partial charge < -0.3 is 5.32 Å². The van der Waals surface area contributed by atoms with E-state index in [9.17, 15) is 13.2 Å². The van der Waals surface area contributed by atoms with Gasteiger partial charge in [-0.1, -0.05) is 55.8 Å². The molecule has 0 aliphatic rings. The van der Waals surface area contributed by atoms with Crippen LogP contribution >= 0.6 is 11.6 Å². The molecule has 156 valence electrons. The van der Waals surface area contributed by atoms with E-state index in [1.165, 1.54) is 35.9 Å². The summed E-state index contributed by atoms with van der Waals surface area (Å²) in [6.45, 7) is 4.65. The topological polar surface area (TPSA) is 75.3 Å². The number of rotatable bonds is 7. The second-order valence-electron chi connectivity index (χ2n) is 7.22. The molecule has 3 rings (SSSR count). The maximum atomic E-state index is 12.5. The van der Waals surface area contributed by atoms with Crippen LogP contribution in [-0.4, -0.2) is 14.3 Å². The number of nitrogens with one attached hydrogen (secondary N) is 2. The van der Waals surface area contributed by atoms with Crippen molar-refractivity contribution in [2.75, 3.05) is 4.72 Å². The lowest BCUT2D eigenvalue weighted by atomic mass is 10.0. The zero-order chi connectivity index (χ0) is 21.7. The second-order valence-corrected chi connectivity index (χ2v) is 9.34. The van der Waals surface area contributed by atoms with Crippen LogP contribution < -0.4 is 10.0 Å². The summed E-state index contributed by atoms with van der Waals surface area (Å²) in [4.78, 5) is 12.6. The Labute approximate surface area is 182 Å². The summed E-state index contributed by atoms with van der Waals surface area (Å²) in [6, 6.07) is 20.3. The highest BCUT2D eigenvalue weighted by molar-refractivity contribution is 7.92. The van der Waals surface area contributed by atoms with Gasteiger partial charge in [-0.2, -0.15) is 0 Å². The number of sulfonamides is 1. The van der Waals surface area contributed by atoms with E-state index in [0.717, 1.165) is 5.56 Å². The van der Waals surface area contributed by atoms with Crippen LogP contribution in [0, 0.1) is 0 Å². The standard InChI is InChI=1S/C23H23ClN2O3S/c1-16(2)18-8-6-17(7-9-18)15-25-23(27)19-4-3-5-21(14-19)26-30(28,29)22-12-10-20(24)11-13-22/h3-14,16,26H,15H2,1-2H3,(H,25,27). The van der Waals surface area contributed by atoms with Crippen LogP contribution in [-0.2, 0) is 16.6 Å². The van der Waals surface area contributed by atoms with Crippen molar-refractivity contribution in [3.8, 4) is 0 Å². The molecule has 0 saturated heterocycles. The molecule has 0 aromatic heterocycles. The Morgan fingerprint density at radius 2 is 1.63 bits per heavy atom. The van der Waals surface area contributed by atoms with E-state index in [4.69, 9.17) is 11.6 Å². The molecule has 0 aliphatic carbocycles. The Hall–Kier alpha value is -2.83. The zero-order valence-electron chi connectivity index (χ0n) is 16.7. The molecule has 0 unspecified atom stereocenters. The first-order valence-corrected chi connectivity index (χ1v) is 11.4. The summed E-state index contributed by atoms with van der Waals surface area (Å²) in [5, 5.41) is 3.31. The third-order valence-corrected chi connectivity index (χ3v) is 6.25. The Morgan fingerprint density at radius 3 is 2.27 bits per heavy atom. The molecule has 30 heavy (non-hydrogen) atoms. The van der Waals surface area contributed by atoms with Gasteiger partial charge in [0.1, 0.15) is 0 Å². The summed E-state index contributed by atoms with van der Waals surface area (Å²) in [6.07, 6.45) is 0. The molecule has 0 atom stereocenters. The third-order valence-electron chi connectivity index (χ3n) is 4.60. The van der Waals surface area contributed by atoms with Crippen molar-refractivity contribution in [3.05, 3.63) is 94.5 Å². The Balaban J connectivity index is 1.67. The van der Waals surface area contributed by atoms with Gasteiger partial charge in [-0.05, 0) is 59.5 Å². The number of hydrogen-bond donors (Lipinski definition) is 2. The van der Waals surface area contributed by atoms with Crippen molar-refractivity contribution in [2.24, 2.45) is 0 Å². The van der Waals surface area contributed by atoms with E-state index in [0.29, 0.717) is 28.7 Å². The molecular weight excluding hydrogens is 420 g/mol. The average Bonchev–Trinajstić information content (AvgIpc) is 2.72. The van der Waals surface area contributed by atoms with E-state index in [-0.39, 0.29) is 10.8 Å². The van der Waals surface area contributed by atoms with Gasteiger partial charge in [-0.25, -0.2) is 8.42 Å². The number of carbonyl (C=O) groups is 1. The van der Waals surface area contributed by atoms with Crippen molar-refractivity contribution in [2.45, 2.75) is 31.2 Å². The molecule has 5 nitrogen and oxygen atoms in total. The largest absolute Gasteiger partial charge is 0.348 e. The minimum absolute atomic E-state index is 0.0894. The fourth-order valence-corrected chi connectivity index (χ4v) is 4.03. The number of hydrogen-bond acceptors (Lipinski definition) is 3. The van der Waals surface area contributed by atoms with Gasteiger partial charge in [0, 0.05) is 22.8 Å². The van der Waals surface area contributed by atoms with Gasteiger partial charge >= 0.3 is 0 Å².